The summed E-state index contributed by atoms with van der Waals surface area (Å²) < 4.78 is 0. The van der Waals surface area contributed by atoms with Gasteiger partial charge >= 0.3 is 0 Å². The quantitative estimate of drug-likeness (QED) is 0.630. The molecule has 1 N–H and O–H groups in total. The van der Waals surface area contributed by atoms with Crippen LogP contribution in [0.25, 0.3) is 0 Å². The first-order valence-corrected chi connectivity index (χ1v) is 8.93. The van der Waals surface area contributed by atoms with E-state index in [1.165, 1.54) is 12.8 Å². The molecule has 0 saturated heterocycles. The molecule has 0 atom stereocenters. The van der Waals surface area contributed by atoms with E-state index in [0.29, 0.717) is 17.6 Å². The summed E-state index contributed by atoms with van der Waals surface area (Å²) in [6.07, 6.45) is 4.96. The molecule has 0 fully saturated rings. The third-order valence-corrected chi connectivity index (χ3v) is 3.04. The number of carbonyl (C=O) groups is 1. The van der Waals surface area contributed by atoms with Gasteiger partial charge in [-0.3, -0.25) is 4.79 Å². The SMILES string of the molecule is CC.CC.CCC(C)(C)CC(C)C.Cc1ccc(NC=O)nc1. The fourth-order valence-electron chi connectivity index (χ4n) is 1.86. The normalized spacial score (nSPS) is 9.35. The maximum Gasteiger partial charge on any atom is 0.212 e. The number of nitrogens with zero attached hydrogens (tertiary/aromatic N) is 1. The molecule has 0 aromatic carbocycles. The van der Waals surface area contributed by atoms with Crippen molar-refractivity contribution in [1.29, 1.82) is 0 Å². The number of pyridine rings is 1. The van der Waals surface area contributed by atoms with Crippen molar-refractivity contribution in [3.05, 3.63) is 23.9 Å². The van der Waals surface area contributed by atoms with E-state index < -0.39 is 0 Å². The Morgan fingerprint density at radius 1 is 1.17 bits per heavy atom. The monoisotopic (exact) mass is 324 g/mol. The molecular weight excluding hydrogens is 284 g/mol. The van der Waals surface area contributed by atoms with E-state index in [4.69, 9.17) is 0 Å². The minimum absolute atomic E-state index is 0.564. The number of anilines is 1. The number of nitrogens with one attached hydrogen (secondary N) is 1. The van der Waals surface area contributed by atoms with E-state index in [2.05, 4.69) is 44.9 Å². The molecule has 1 aromatic rings. The molecule has 3 heteroatoms. The van der Waals surface area contributed by atoms with Crippen molar-refractivity contribution < 1.29 is 4.79 Å². The highest BCUT2D eigenvalue weighted by Crippen LogP contribution is 2.28. The maximum atomic E-state index is 9.91. The van der Waals surface area contributed by atoms with Gasteiger partial charge in [0, 0.05) is 6.20 Å². The van der Waals surface area contributed by atoms with Crippen molar-refractivity contribution >= 4 is 12.2 Å². The Bertz CT molecular complexity index is 356. The highest BCUT2D eigenvalue weighted by atomic mass is 16.1. The van der Waals surface area contributed by atoms with Crippen molar-refractivity contribution in [3.8, 4) is 0 Å². The molecule has 0 aliphatic carbocycles. The Balaban J connectivity index is -0.000000287. The summed E-state index contributed by atoms with van der Waals surface area (Å²) in [4.78, 5) is 13.8. The summed E-state index contributed by atoms with van der Waals surface area (Å²) in [6.45, 7) is 21.5. The van der Waals surface area contributed by atoms with Gasteiger partial charge in [0.15, 0.2) is 0 Å². The number of amides is 1. The fourth-order valence-corrected chi connectivity index (χ4v) is 1.86. The fraction of sp³-hybridized carbons (Fsp3) is 0.700. The number of aryl methyl sites for hydroxylation is 1. The van der Waals surface area contributed by atoms with Crippen LogP contribution in [0, 0.1) is 18.3 Å². The molecule has 1 aromatic heterocycles. The molecule has 0 radical (unpaired) electrons. The Morgan fingerprint density at radius 3 is 1.96 bits per heavy atom. The van der Waals surface area contributed by atoms with Crippen molar-refractivity contribution in [2.24, 2.45) is 11.3 Å². The van der Waals surface area contributed by atoms with Crippen LogP contribution in [-0.4, -0.2) is 11.4 Å². The highest BCUT2D eigenvalue weighted by molar-refractivity contribution is 5.68. The molecular formula is C20H40N2O. The Labute approximate surface area is 145 Å². The van der Waals surface area contributed by atoms with E-state index in [0.717, 1.165) is 11.5 Å². The van der Waals surface area contributed by atoms with Crippen LogP contribution < -0.4 is 5.32 Å². The number of carbonyl (C=O) groups excluding carboxylic acids is 1. The second-order valence-electron chi connectivity index (χ2n) is 6.10. The van der Waals surface area contributed by atoms with Crippen molar-refractivity contribution in [2.75, 3.05) is 5.32 Å². The molecule has 0 spiro atoms. The predicted molar refractivity (Wildman–Crippen MR) is 105 cm³/mol. The highest BCUT2D eigenvalue weighted by Gasteiger charge is 2.15. The van der Waals surface area contributed by atoms with Gasteiger partial charge in [0.05, 0.1) is 0 Å². The van der Waals surface area contributed by atoms with E-state index >= 15 is 0 Å². The molecule has 0 aliphatic heterocycles. The molecule has 136 valence electrons. The zero-order valence-electron chi connectivity index (χ0n) is 17.2. The lowest BCUT2D eigenvalue weighted by Crippen LogP contribution is -2.12. The number of hydrogen-bond donors (Lipinski definition) is 1. The van der Waals surface area contributed by atoms with Gasteiger partial charge in [-0.15, -0.1) is 0 Å². The van der Waals surface area contributed by atoms with Crippen LogP contribution in [-0.2, 0) is 4.79 Å². The van der Waals surface area contributed by atoms with Crippen LogP contribution >= 0.6 is 0 Å². The van der Waals surface area contributed by atoms with Crippen LogP contribution in [0.3, 0.4) is 0 Å². The predicted octanol–water partition coefficient (Wildman–Crippen LogP) is 6.48. The summed E-state index contributed by atoms with van der Waals surface area (Å²) in [6, 6.07) is 3.64. The van der Waals surface area contributed by atoms with Crippen molar-refractivity contribution in [1.82, 2.24) is 4.98 Å². The third kappa shape index (κ3) is 18.6. The molecule has 0 saturated carbocycles. The minimum atomic E-state index is 0.564. The van der Waals surface area contributed by atoms with E-state index in [-0.39, 0.29) is 0 Å². The second-order valence-corrected chi connectivity index (χ2v) is 6.10. The van der Waals surface area contributed by atoms with E-state index in [1.807, 2.05) is 40.7 Å². The van der Waals surface area contributed by atoms with Crippen LogP contribution in [0.1, 0.15) is 80.7 Å². The molecule has 1 rings (SSSR count). The number of rotatable bonds is 5. The lowest BCUT2D eigenvalue weighted by molar-refractivity contribution is -0.105. The zero-order valence-corrected chi connectivity index (χ0v) is 17.2. The van der Waals surface area contributed by atoms with Crippen molar-refractivity contribution in [2.45, 2.75) is 82.1 Å². The Hall–Kier alpha value is -1.38. The first-order chi connectivity index (χ1) is 10.8. The molecule has 0 unspecified atom stereocenters. The van der Waals surface area contributed by atoms with E-state index in [9.17, 15) is 4.79 Å². The second kappa shape index (κ2) is 17.0. The van der Waals surface area contributed by atoms with Gasteiger partial charge in [-0.05, 0) is 36.3 Å². The standard InChI is InChI=1S/C9H20.C7H8N2O.2C2H6/c1-6-9(4,5)7-8(2)3;1-6-2-3-7(8-4-6)9-5-10;2*1-2/h8H,6-7H2,1-5H3;2-5H,1H3,(H,8,9,10);2*1-2H3. The van der Waals surface area contributed by atoms with E-state index in [1.54, 1.807) is 12.3 Å². The average Bonchev–Trinajstić information content (AvgIpc) is 2.53. The molecule has 0 bridgehead atoms. The lowest BCUT2D eigenvalue weighted by atomic mass is 9.82. The smallest absolute Gasteiger partial charge is 0.212 e. The maximum absolute atomic E-state index is 9.91. The zero-order chi connectivity index (χ0) is 18.9. The lowest BCUT2D eigenvalue weighted by Gasteiger charge is -2.24. The molecule has 3 nitrogen and oxygen atoms in total. The first kappa shape index (κ1) is 26.5. The van der Waals surface area contributed by atoms with Gasteiger partial charge in [0.25, 0.3) is 0 Å². The summed E-state index contributed by atoms with van der Waals surface area (Å²) in [5.41, 5.74) is 1.64. The van der Waals surface area contributed by atoms with Crippen molar-refractivity contribution in [3.63, 3.8) is 0 Å². The van der Waals surface area contributed by atoms with Crippen LogP contribution in [0.4, 0.5) is 5.82 Å². The molecule has 1 heterocycles. The van der Waals surface area contributed by atoms with Gasteiger partial charge in [0.1, 0.15) is 5.82 Å². The first-order valence-electron chi connectivity index (χ1n) is 8.93. The molecule has 0 aliphatic rings. The summed E-state index contributed by atoms with van der Waals surface area (Å²) >= 11 is 0. The largest absolute Gasteiger partial charge is 0.313 e. The molecule has 23 heavy (non-hydrogen) atoms. The third-order valence-electron chi connectivity index (χ3n) is 3.04. The number of aromatic nitrogens is 1. The summed E-state index contributed by atoms with van der Waals surface area (Å²) in [5, 5.41) is 2.44. The summed E-state index contributed by atoms with van der Waals surface area (Å²) in [7, 11) is 0. The van der Waals surface area contributed by atoms with Crippen LogP contribution in [0.5, 0.6) is 0 Å². The minimum Gasteiger partial charge on any atom is -0.313 e. The molecule has 1 amide bonds. The topological polar surface area (TPSA) is 42.0 Å². The Morgan fingerprint density at radius 2 is 1.70 bits per heavy atom. The van der Waals surface area contributed by atoms with Gasteiger partial charge in [0.2, 0.25) is 6.41 Å². The summed E-state index contributed by atoms with van der Waals surface area (Å²) in [5.74, 6) is 1.43. The number of hydrogen-bond acceptors (Lipinski definition) is 2. The van der Waals surface area contributed by atoms with Gasteiger partial charge in [-0.1, -0.05) is 74.8 Å². The Kier molecular flexibility index (Phi) is 19.6. The van der Waals surface area contributed by atoms with Gasteiger partial charge in [-0.2, -0.15) is 0 Å². The van der Waals surface area contributed by atoms with Crippen LogP contribution in [0.2, 0.25) is 0 Å². The van der Waals surface area contributed by atoms with Gasteiger partial charge < -0.3 is 5.32 Å². The van der Waals surface area contributed by atoms with Gasteiger partial charge in [-0.25, -0.2) is 4.98 Å². The average molecular weight is 325 g/mol. The van der Waals surface area contributed by atoms with Crippen LogP contribution in [0.15, 0.2) is 18.3 Å².